The first-order chi connectivity index (χ1) is 7.72. The van der Waals surface area contributed by atoms with Crippen LogP contribution in [0.25, 0.3) is 0 Å². The van der Waals surface area contributed by atoms with Gasteiger partial charge in [-0.1, -0.05) is 6.42 Å². The Morgan fingerprint density at radius 2 is 2.38 bits per heavy atom. The SMILES string of the molecule is CC(N)c1cnn(CC2CC3CCC2C3)c1. The minimum atomic E-state index is 0.105. The van der Waals surface area contributed by atoms with Crippen LogP contribution in [0.4, 0.5) is 0 Å². The Balaban J connectivity index is 1.65. The summed E-state index contributed by atoms with van der Waals surface area (Å²) in [4.78, 5) is 0. The van der Waals surface area contributed by atoms with Crippen LogP contribution in [0.2, 0.25) is 0 Å². The van der Waals surface area contributed by atoms with Crippen molar-refractivity contribution >= 4 is 0 Å². The molecule has 0 spiro atoms. The largest absolute Gasteiger partial charge is 0.324 e. The Morgan fingerprint density at radius 3 is 2.94 bits per heavy atom. The average Bonchev–Trinajstić information content (AvgIpc) is 2.91. The number of fused-ring (bicyclic) bond motifs is 2. The van der Waals surface area contributed by atoms with Gasteiger partial charge in [-0.05, 0) is 43.9 Å². The van der Waals surface area contributed by atoms with E-state index in [9.17, 15) is 0 Å². The maximum absolute atomic E-state index is 5.84. The maximum Gasteiger partial charge on any atom is 0.0537 e. The van der Waals surface area contributed by atoms with Crippen LogP contribution in [-0.2, 0) is 6.54 Å². The van der Waals surface area contributed by atoms with E-state index < -0.39 is 0 Å². The van der Waals surface area contributed by atoms with Gasteiger partial charge in [0.2, 0.25) is 0 Å². The second-order valence-electron chi connectivity index (χ2n) is 5.72. The van der Waals surface area contributed by atoms with Crippen LogP contribution in [-0.4, -0.2) is 9.78 Å². The topological polar surface area (TPSA) is 43.8 Å². The summed E-state index contributed by atoms with van der Waals surface area (Å²) in [7, 11) is 0. The van der Waals surface area contributed by atoms with Gasteiger partial charge in [-0.15, -0.1) is 0 Å². The molecule has 4 unspecified atom stereocenters. The lowest BCUT2D eigenvalue weighted by Gasteiger charge is -2.21. The molecule has 3 nitrogen and oxygen atoms in total. The molecule has 0 radical (unpaired) electrons. The third kappa shape index (κ3) is 1.77. The van der Waals surface area contributed by atoms with E-state index in [0.717, 1.165) is 29.9 Å². The number of rotatable bonds is 3. The first kappa shape index (κ1) is 10.3. The molecule has 2 N–H and O–H groups in total. The molecule has 3 rings (SSSR count). The van der Waals surface area contributed by atoms with Gasteiger partial charge in [-0.25, -0.2) is 0 Å². The average molecular weight is 219 g/mol. The van der Waals surface area contributed by atoms with Gasteiger partial charge in [-0.2, -0.15) is 5.10 Å². The highest BCUT2D eigenvalue weighted by molar-refractivity contribution is 5.08. The molecule has 88 valence electrons. The molecule has 2 aliphatic carbocycles. The Bertz CT molecular complexity index is 369. The Labute approximate surface area is 97.0 Å². The number of nitrogens with two attached hydrogens (primary N) is 1. The van der Waals surface area contributed by atoms with E-state index in [1.165, 1.54) is 25.7 Å². The standard InChI is InChI=1S/C13H21N3/c1-9(14)13-6-15-16(8-13)7-12-5-10-2-3-11(12)4-10/h6,8-12H,2-5,7,14H2,1H3. The number of aromatic nitrogens is 2. The molecule has 0 aromatic carbocycles. The van der Waals surface area contributed by atoms with Gasteiger partial charge >= 0.3 is 0 Å². The van der Waals surface area contributed by atoms with Crippen molar-refractivity contribution in [3.63, 3.8) is 0 Å². The normalized spacial score (nSPS) is 34.5. The van der Waals surface area contributed by atoms with Gasteiger partial charge in [0.1, 0.15) is 0 Å². The van der Waals surface area contributed by atoms with Crippen molar-refractivity contribution in [2.45, 2.75) is 45.2 Å². The highest BCUT2D eigenvalue weighted by atomic mass is 15.3. The molecule has 0 saturated heterocycles. The fourth-order valence-electron chi connectivity index (χ4n) is 3.55. The monoisotopic (exact) mass is 219 g/mol. The second-order valence-corrected chi connectivity index (χ2v) is 5.72. The van der Waals surface area contributed by atoms with Crippen LogP contribution in [0, 0.1) is 17.8 Å². The number of hydrogen-bond acceptors (Lipinski definition) is 2. The zero-order valence-corrected chi connectivity index (χ0v) is 9.97. The molecule has 4 atom stereocenters. The fraction of sp³-hybridized carbons (Fsp3) is 0.769. The molecule has 2 saturated carbocycles. The Hall–Kier alpha value is -0.830. The predicted octanol–water partition coefficient (Wildman–Crippen LogP) is 2.34. The van der Waals surface area contributed by atoms with Gasteiger partial charge in [0.25, 0.3) is 0 Å². The highest BCUT2D eigenvalue weighted by Gasteiger charge is 2.39. The van der Waals surface area contributed by atoms with Crippen LogP contribution in [0.1, 0.15) is 44.2 Å². The highest BCUT2D eigenvalue weighted by Crippen LogP contribution is 2.48. The molecule has 2 bridgehead atoms. The van der Waals surface area contributed by atoms with E-state index in [1.54, 1.807) is 0 Å². The quantitative estimate of drug-likeness (QED) is 0.848. The van der Waals surface area contributed by atoms with Crippen molar-refractivity contribution in [1.82, 2.24) is 9.78 Å². The summed E-state index contributed by atoms with van der Waals surface area (Å²) in [6, 6.07) is 0.105. The van der Waals surface area contributed by atoms with E-state index in [-0.39, 0.29) is 6.04 Å². The van der Waals surface area contributed by atoms with Crippen LogP contribution < -0.4 is 5.73 Å². The molecule has 2 aliphatic rings. The first-order valence-electron chi connectivity index (χ1n) is 6.50. The molecule has 1 aromatic heterocycles. The fourth-order valence-corrected chi connectivity index (χ4v) is 3.55. The molecule has 16 heavy (non-hydrogen) atoms. The lowest BCUT2D eigenvalue weighted by Crippen LogP contribution is -2.17. The Morgan fingerprint density at radius 1 is 1.50 bits per heavy atom. The van der Waals surface area contributed by atoms with Crippen LogP contribution in [0.3, 0.4) is 0 Å². The van der Waals surface area contributed by atoms with Gasteiger partial charge in [-0.3, -0.25) is 4.68 Å². The van der Waals surface area contributed by atoms with Crippen molar-refractivity contribution in [2.75, 3.05) is 0 Å². The molecule has 1 heterocycles. The van der Waals surface area contributed by atoms with Crippen molar-refractivity contribution in [1.29, 1.82) is 0 Å². The van der Waals surface area contributed by atoms with Crippen LogP contribution >= 0.6 is 0 Å². The van der Waals surface area contributed by atoms with E-state index >= 15 is 0 Å². The van der Waals surface area contributed by atoms with Crippen molar-refractivity contribution in [3.05, 3.63) is 18.0 Å². The molecular weight excluding hydrogens is 198 g/mol. The summed E-state index contributed by atoms with van der Waals surface area (Å²) in [5.74, 6) is 2.88. The van der Waals surface area contributed by atoms with E-state index in [2.05, 4.69) is 16.0 Å². The summed E-state index contributed by atoms with van der Waals surface area (Å²) in [6.45, 7) is 3.12. The molecule has 3 heteroatoms. The molecule has 1 aromatic rings. The van der Waals surface area contributed by atoms with Crippen molar-refractivity contribution in [2.24, 2.45) is 23.5 Å². The number of hydrogen-bond donors (Lipinski definition) is 1. The third-order valence-electron chi connectivity index (χ3n) is 4.49. The first-order valence-corrected chi connectivity index (χ1v) is 6.50. The zero-order chi connectivity index (χ0) is 11.1. The molecule has 0 aliphatic heterocycles. The van der Waals surface area contributed by atoms with Crippen molar-refractivity contribution in [3.8, 4) is 0 Å². The Kier molecular flexibility index (Phi) is 2.51. The summed E-state index contributed by atoms with van der Waals surface area (Å²) in [6.07, 6.45) is 9.88. The summed E-state index contributed by atoms with van der Waals surface area (Å²) in [5.41, 5.74) is 7.00. The maximum atomic E-state index is 5.84. The van der Waals surface area contributed by atoms with Gasteiger partial charge < -0.3 is 5.73 Å². The summed E-state index contributed by atoms with van der Waals surface area (Å²) < 4.78 is 2.10. The smallest absolute Gasteiger partial charge is 0.0537 e. The molecule has 0 amide bonds. The van der Waals surface area contributed by atoms with Gasteiger partial charge in [0, 0.05) is 24.3 Å². The van der Waals surface area contributed by atoms with Gasteiger partial charge in [0.05, 0.1) is 6.20 Å². The zero-order valence-electron chi connectivity index (χ0n) is 9.97. The summed E-state index contributed by atoms with van der Waals surface area (Å²) >= 11 is 0. The van der Waals surface area contributed by atoms with E-state index in [4.69, 9.17) is 5.73 Å². The lowest BCUT2D eigenvalue weighted by atomic mass is 9.89. The molecule has 2 fully saturated rings. The van der Waals surface area contributed by atoms with Crippen LogP contribution in [0.5, 0.6) is 0 Å². The van der Waals surface area contributed by atoms with Crippen LogP contribution in [0.15, 0.2) is 12.4 Å². The van der Waals surface area contributed by atoms with Gasteiger partial charge in [0.15, 0.2) is 0 Å². The summed E-state index contributed by atoms with van der Waals surface area (Å²) in [5, 5.41) is 4.42. The van der Waals surface area contributed by atoms with E-state index in [0.29, 0.717) is 0 Å². The third-order valence-corrected chi connectivity index (χ3v) is 4.49. The minimum Gasteiger partial charge on any atom is -0.324 e. The van der Waals surface area contributed by atoms with E-state index in [1.807, 2.05) is 13.1 Å². The second kappa shape index (κ2) is 3.88. The lowest BCUT2D eigenvalue weighted by molar-refractivity contribution is 0.285. The minimum absolute atomic E-state index is 0.105. The number of nitrogens with zero attached hydrogens (tertiary/aromatic N) is 2. The predicted molar refractivity (Wildman–Crippen MR) is 63.8 cm³/mol. The van der Waals surface area contributed by atoms with Crippen molar-refractivity contribution < 1.29 is 0 Å². The molecular formula is C13H21N3.